The molecular weight excluding hydrogens is 392 g/mol. The van der Waals surface area contributed by atoms with Crippen molar-refractivity contribution in [3.8, 4) is 23.0 Å². The van der Waals surface area contributed by atoms with Crippen molar-refractivity contribution in [3.63, 3.8) is 0 Å². The van der Waals surface area contributed by atoms with Gasteiger partial charge in [-0.2, -0.15) is 4.99 Å². The van der Waals surface area contributed by atoms with Gasteiger partial charge in [0.25, 0.3) is 5.91 Å². The van der Waals surface area contributed by atoms with Crippen LogP contribution >= 0.6 is 11.3 Å². The molecule has 2 aliphatic rings. The minimum absolute atomic E-state index is 0.344. The van der Waals surface area contributed by atoms with E-state index in [0.29, 0.717) is 66.3 Å². The number of benzene rings is 2. The Morgan fingerprint density at radius 1 is 1.00 bits per heavy atom. The first-order valence-electron chi connectivity index (χ1n) is 9.25. The zero-order valence-corrected chi connectivity index (χ0v) is 16.4. The third-order valence-corrected chi connectivity index (χ3v) is 5.69. The first-order valence-corrected chi connectivity index (χ1v) is 10.1. The minimum atomic E-state index is -0.344. The van der Waals surface area contributed by atoms with Gasteiger partial charge in [-0.05, 0) is 18.2 Å². The number of hydrogen-bond donors (Lipinski definition) is 0. The molecule has 0 N–H and O–H groups in total. The zero-order valence-electron chi connectivity index (χ0n) is 15.6. The van der Waals surface area contributed by atoms with Gasteiger partial charge in [-0.15, -0.1) is 6.58 Å². The van der Waals surface area contributed by atoms with Crippen molar-refractivity contribution in [3.05, 3.63) is 53.4 Å². The first kappa shape index (κ1) is 17.8. The number of allylic oxidation sites excluding steroid dienone is 1. The maximum atomic E-state index is 12.8. The first-order chi connectivity index (χ1) is 14.2. The van der Waals surface area contributed by atoms with Crippen molar-refractivity contribution >= 4 is 27.5 Å². The molecule has 0 spiro atoms. The predicted molar refractivity (Wildman–Crippen MR) is 108 cm³/mol. The summed E-state index contributed by atoms with van der Waals surface area (Å²) < 4.78 is 25.4. The number of amides is 1. The Hall–Kier alpha value is -3.26. The predicted octanol–water partition coefficient (Wildman–Crippen LogP) is 3.17. The number of nitrogens with zero attached hydrogens (tertiary/aromatic N) is 2. The molecule has 1 aromatic heterocycles. The molecule has 0 saturated heterocycles. The average molecular weight is 410 g/mol. The Morgan fingerprint density at radius 2 is 1.66 bits per heavy atom. The van der Waals surface area contributed by atoms with Crippen LogP contribution in [0.25, 0.3) is 10.2 Å². The minimum Gasteiger partial charge on any atom is -0.486 e. The molecule has 0 unspecified atom stereocenters. The Bertz CT molecular complexity index is 1190. The van der Waals surface area contributed by atoms with Crippen molar-refractivity contribution < 1.29 is 23.7 Å². The molecule has 0 atom stereocenters. The van der Waals surface area contributed by atoms with Crippen LogP contribution in [0, 0.1) is 0 Å². The molecule has 3 heterocycles. The molecule has 29 heavy (non-hydrogen) atoms. The van der Waals surface area contributed by atoms with Gasteiger partial charge in [0.1, 0.15) is 26.4 Å². The number of hydrogen-bond acceptors (Lipinski definition) is 6. The summed E-state index contributed by atoms with van der Waals surface area (Å²) in [5, 5.41) is 0. The maximum Gasteiger partial charge on any atom is 0.279 e. The van der Waals surface area contributed by atoms with Crippen molar-refractivity contribution in [1.29, 1.82) is 0 Å². The lowest BCUT2D eigenvalue weighted by Gasteiger charge is -2.18. The van der Waals surface area contributed by atoms with Gasteiger partial charge >= 0.3 is 0 Å². The Balaban J connectivity index is 1.59. The summed E-state index contributed by atoms with van der Waals surface area (Å²) in [6, 6.07) is 8.97. The maximum absolute atomic E-state index is 12.8. The summed E-state index contributed by atoms with van der Waals surface area (Å²) in [5.41, 5.74) is 1.37. The van der Waals surface area contributed by atoms with Gasteiger partial charge in [-0.3, -0.25) is 4.79 Å². The van der Waals surface area contributed by atoms with E-state index in [1.54, 1.807) is 24.3 Å². The summed E-state index contributed by atoms with van der Waals surface area (Å²) in [6.07, 6.45) is 1.77. The molecule has 148 valence electrons. The fraction of sp³-hybridized carbons (Fsp3) is 0.238. The molecule has 2 aromatic carbocycles. The van der Waals surface area contributed by atoms with E-state index in [2.05, 4.69) is 11.6 Å². The second kappa shape index (κ2) is 7.29. The second-order valence-electron chi connectivity index (χ2n) is 6.52. The highest BCUT2D eigenvalue weighted by atomic mass is 32.1. The summed E-state index contributed by atoms with van der Waals surface area (Å²) in [4.78, 5) is 17.8. The van der Waals surface area contributed by atoms with Gasteiger partial charge in [0.15, 0.2) is 27.8 Å². The third kappa shape index (κ3) is 3.25. The third-order valence-electron chi connectivity index (χ3n) is 4.64. The summed E-state index contributed by atoms with van der Waals surface area (Å²) in [5.74, 6) is 2.27. The molecule has 0 radical (unpaired) electrons. The highest BCUT2D eigenvalue weighted by Gasteiger charge is 2.18. The number of carbonyl (C=O) groups is 1. The van der Waals surface area contributed by atoms with Crippen LogP contribution in [0.2, 0.25) is 0 Å². The van der Waals surface area contributed by atoms with E-state index in [9.17, 15) is 4.79 Å². The van der Waals surface area contributed by atoms with Gasteiger partial charge in [0.05, 0.1) is 10.2 Å². The fourth-order valence-electron chi connectivity index (χ4n) is 3.33. The van der Waals surface area contributed by atoms with E-state index >= 15 is 0 Å². The van der Waals surface area contributed by atoms with Crippen molar-refractivity contribution in [2.75, 3.05) is 26.4 Å². The largest absolute Gasteiger partial charge is 0.486 e. The molecule has 1 amide bonds. The highest BCUT2D eigenvalue weighted by Crippen LogP contribution is 2.36. The number of fused-ring (bicyclic) bond motifs is 3. The van der Waals surface area contributed by atoms with E-state index in [1.165, 1.54) is 11.3 Å². The normalized spacial score (nSPS) is 15.4. The van der Waals surface area contributed by atoms with Gasteiger partial charge in [-0.1, -0.05) is 17.4 Å². The molecule has 8 heteroatoms. The number of aromatic nitrogens is 1. The van der Waals surface area contributed by atoms with Crippen LogP contribution in [0.4, 0.5) is 0 Å². The summed E-state index contributed by atoms with van der Waals surface area (Å²) in [6.45, 7) is 6.36. The van der Waals surface area contributed by atoms with Crippen LogP contribution in [-0.2, 0) is 6.54 Å². The van der Waals surface area contributed by atoms with Crippen molar-refractivity contribution in [2.45, 2.75) is 6.54 Å². The van der Waals surface area contributed by atoms with E-state index < -0.39 is 0 Å². The van der Waals surface area contributed by atoms with Crippen LogP contribution in [0.1, 0.15) is 10.4 Å². The summed E-state index contributed by atoms with van der Waals surface area (Å²) >= 11 is 1.42. The highest BCUT2D eigenvalue weighted by molar-refractivity contribution is 7.16. The quantitative estimate of drug-likeness (QED) is 0.621. The SMILES string of the molecule is C=CCn1c(=NC(=O)c2ccc3c(c2)OCCO3)sc2cc3c(cc21)OCCO3. The lowest BCUT2D eigenvalue weighted by molar-refractivity contribution is 0.0996. The molecule has 2 aliphatic heterocycles. The lowest BCUT2D eigenvalue weighted by atomic mass is 10.2. The van der Waals surface area contributed by atoms with E-state index in [4.69, 9.17) is 18.9 Å². The molecule has 0 aliphatic carbocycles. The Morgan fingerprint density at radius 3 is 2.38 bits per heavy atom. The van der Waals surface area contributed by atoms with Crippen molar-refractivity contribution in [1.82, 2.24) is 4.57 Å². The van der Waals surface area contributed by atoms with Crippen LogP contribution in [0.15, 0.2) is 48.0 Å². The molecule has 0 bridgehead atoms. The van der Waals surface area contributed by atoms with Crippen molar-refractivity contribution in [2.24, 2.45) is 4.99 Å². The number of carbonyl (C=O) groups excluding carboxylic acids is 1. The van der Waals surface area contributed by atoms with E-state index in [0.717, 1.165) is 10.2 Å². The monoisotopic (exact) mass is 410 g/mol. The van der Waals surface area contributed by atoms with Crippen LogP contribution in [0.3, 0.4) is 0 Å². The molecular formula is C21H18N2O5S. The van der Waals surface area contributed by atoms with Gasteiger partial charge in [-0.25, -0.2) is 0 Å². The number of rotatable bonds is 3. The molecule has 3 aromatic rings. The molecule has 7 nitrogen and oxygen atoms in total. The number of thiazole rings is 1. The van der Waals surface area contributed by atoms with Crippen LogP contribution < -0.4 is 23.7 Å². The van der Waals surface area contributed by atoms with E-state index in [1.807, 2.05) is 16.7 Å². The topological polar surface area (TPSA) is 71.3 Å². The molecule has 0 saturated carbocycles. The van der Waals surface area contributed by atoms with Crippen LogP contribution in [0.5, 0.6) is 23.0 Å². The second-order valence-corrected chi connectivity index (χ2v) is 7.53. The fourth-order valence-corrected chi connectivity index (χ4v) is 4.37. The Labute approximate surface area is 170 Å². The van der Waals surface area contributed by atoms with Gasteiger partial charge < -0.3 is 23.5 Å². The Kier molecular flexibility index (Phi) is 4.48. The summed E-state index contributed by atoms with van der Waals surface area (Å²) in [7, 11) is 0. The van der Waals surface area contributed by atoms with Crippen LogP contribution in [-0.4, -0.2) is 36.9 Å². The smallest absolute Gasteiger partial charge is 0.279 e. The molecule has 5 rings (SSSR count). The zero-order chi connectivity index (χ0) is 19.8. The lowest BCUT2D eigenvalue weighted by Crippen LogP contribution is -2.18. The van der Waals surface area contributed by atoms with Gasteiger partial charge in [0.2, 0.25) is 0 Å². The molecule has 0 fully saturated rings. The standard InChI is InChI=1S/C21H18N2O5S/c1-2-5-23-14-11-17-18(28-9-8-27-17)12-19(14)29-21(23)22-20(24)13-3-4-15-16(10-13)26-7-6-25-15/h2-4,10-12H,1,5-9H2. The number of ether oxygens (including phenoxy) is 4. The van der Waals surface area contributed by atoms with E-state index in [-0.39, 0.29) is 5.91 Å². The average Bonchev–Trinajstić information content (AvgIpc) is 3.08. The van der Waals surface area contributed by atoms with Gasteiger partial charge in [0, 0.05) is 24.2 Å².